The number of para-hydroxylation sites is 1. The first kappa shape index (κ1) is 18.3. The van der Waals surface area contributed by atoms with Gasteiger partial charge in [0.05, 0.1) is 17.3 Å². The van der Waals surface area contributed by atoms with Crippen molar-refractivity contribution in [2.45, 2.75) is 6.42 Å². The van der Waals surface area contributed by atoms with Gasteiger partial charge in [0.1, 0.15) is 0 Å². The van der Waals surface area contributed by atoms with Crippen LogP contribution in [0, 0.1) is 0 Å². The van der Waals surface area contributed by atoms with E-state index in [1.165, 1.54) is 7.05 Å². The van der Waals surface area contributed by atoms with Gasteiger partial charge in [0.25, 0.3) is 11.5 Å². The van der Waals surface area contributed by atoms with E-state index in [0.717, 1.165) is 21.1 Å². The van der Waals surface area contributed by atoms with Crippen LogP contribution in [0.1, 0.15) is 16.1 Å². The summed E-state index contributed by atoms with van der Waals surface area (Å²) >= 11 is 0. The average molecular weight is 387 g/mol. The van der Waals surface area contributed by atoms with Crippen LogP contribution in [0.25, 0.3) is 21.7 Å². The van der Waals surface area contributed by atoms with Crippen LogP contribution in [0.4, 0.5) is 0 Å². The van der Waals surface area contributed by atoms with E-state index >= 15 is 0 Å². The molecule has 29 heavy (non-hydrogen) atoms. The van der Waals surface area contributed by atoms with E-state index in [2.05, 4.69) is 20.9 Å². The lowest BCUT2D eigenvalue weighted by atomic mass is 10.1. The first-order valence-corrected chi connectivity index (χ1v) is 8.92. The normalized spacial score (nSPS) is 10.8. The first-order chi connectivity index (χ1) is 14.0. The number of pyridine rings is 1. The highest BCUT2D eigenvalue weighted by Gasteiger charge is 2.16. The molecule has 0 atom stereocenters. The SMILES string of the molecule is Cn1nc(C(=O)NNC(=O)Cc2cccc3cccnc23)c2ccccc2c1=O. The third kappa shape index (κ3) is 3.55. The van der Waals surface area contributed by atoms with Crippen molar-refractivity contribution in [1.29, 1.82) is 0 Å². The average Bonchev–Trinajstić information content (AvgIpc) is 2.75. The number of nitrogens with one attached hydrogen (secondary N) is 2. The van der Waals surface area contributed by atoms with E-state index < -0.39 is 11.8 Å². The fraction of sp³-hybridized carbons (Fsp3) is 0.0952. The summed E-state index contributed by atoms with van der Waals surface area (Å²) in [7, 11) is 1.47. The Labute approximate surface area is 165 Å². The number of carbonyl (C=O) groups is 2. The summed E-state index contributed by atoms with van der Waals surface area (Å²) < 4.78 is 1.10. The Morgan fingerprint density at radius 2 is 1.72 bits per heavy atom. The molecule has 4 aromatic rings. The Hall–Kier alpha value is -4.07. The highest BCUT2D eigenvalue weighted by atomic mass is 16.2. The summed E-state index contributed by atoms with van der Waals surface area (Å²) in [6.07, 6.45) is 1.72. The second kappa shape index (κ2) is 7.51. The maximum absolute atomic E-state index is 12.6. The zero-order valence-electron chi connectivity index (χ0n) is 15.5. The van der Waals surface area contributed by atoms with E-state index in [9.17, 15) is 14.4 Å². The molecule has 0 radical (unpaired) electrons. The summed E-state index contributed by atoms with van der Waals surface area (Å²) in [6, 6.07) is 16.0. The molecule has 2 amide bonds. The molecule has 4 rings (SSSR count). The van der Waals surface area contributed by atoms with E-state index in [1.54, 1.807) is 30.5 Å². The van der Waals surface area contributed by atoms with Crippen molar-refractivity contribution in [2.24, 2.45) is 7.05 Å². The summed E-state index contributed by atoms with van der Waals surface area (Å²) in [5.41, 5.74) is 6.01. The van der Waals surface area contributed by atoms with Gasteiger partial charge in [0.2, 0.25) is 5.91 Å². The molecule has 0 saturated heterocycles. The van der Waals surface area contributed by atoms with Crippen LogP contribution >= 0.6 is 0 Å². The maximum atomic E-state index is 12.6. The summed E-state index contributed by atoms with van der Waals surface area (Å²) in [5.74, 6) is -1.01. The molecule has 2 aromatic carbocycles. The fourth-order valence-corrected chi connectivity index (χ4v) is 3.18. The molecule has 0 unspecified atom stereocenters. The van der Waals surface area contributed by atoms with E-state index in [1.807, 2.05) is 30.3 Å². The van der Waals surface area contributed by atoms with E-state index in [-0.39, 0.29) is 17.7 Å². The molecule has 2 aromatic heterocycles. The fourth-order valence-electron chi connectivity index (χ4n) is 3.18. The van der Waals surface area contributed by atoms with E-state index in [4.69, 9.17) is 0 Å². The van der Waals surface area contributed by atoms with Gasteiger partial charge in [-0.05, 0) is 17.7 Å². The predicted octanol–water partition coefficient (Wildman–Crippen LogP) is 1.49. The molecule has 0 saturated carbocycles. The second-order valence-corrected chi connectivity index (χ2v) is 6.49. The van der Waals surface area contributed by atoms with Crippen LogP contribution in [0.5, 0.6) is 0 Å². The van der Waals surface area contributed by atoms with E-state index in [0.29, 0.717) is 10.8 Å². The van der Waals surface area contributed by atoms with Gasteiger partial charge in [0.15, 0.2) is 5.69 Å². The van der Waals surface area contributed by atoms with Crippen LogP contribution in [0.2, 0.25) is 0 Å². The number of nitrogens with zero attached hydrogens (tertiary/aromatic N) is 3. The lowest BCUT2D eigenvalue weighted by Crippen LogP contribution is -2.43. The quantitative estimate of drug-likeness (QED) is 0.518. The Morgan fingerprint density at radius 3 is 2.55 bits per heavy atom. The monoisotopic (exact) mass is 387 g/mol. The number of rotatable bonds is 3. The second-order valence-electron chi connectivity index (χ2n) is 6.49. The van der Waals surface area contributed by atoms with Crippen molar-refractivity contribution in [1.82, 2.24) is 25.6 Å². The largest absolute Gasteiger partial charge is 0.290 e. The lowest BCUT2D eigenvalue weighted by molar-refractivity contribution is -0.121. The third-order valence-electron chi connectivity index (χ3n) is 4.55. The minimum atomic E-state index is -0.610. The van der Waals surface area contributed by atoms with Crippen LogP contribution < -0.4 is 16.4 Å². The topological polar surface area (TPSA) is 106 Å². The van der Waals surface area contributed by atoms with Gasteiger partial charge in [-0.15, -0.1) is 0 Å². The Kier molecular flexibility index (Phi) is 4.74. The molecule has 2 heterocycles. The highest BCUT2D eigenvalue weighted by molar-refractivity contribution is 6.05. The molecule has 8 heteroatoms. The number of amides is 2. The van der Waals surface area contributed by atoms with Crippen LogP contribution in [0.15, 0.2) is 65.6 Å². The van der Waals surface area contributed by atoms with Gasteiger partial charge < -0.3 is 0 Å². The van der Waals surface area contributed by atoms with Crippen molar-refractivity contribution in [2.75, 3.05) is 0 Å². The molecule has 0 aliphatic heterocycles. The van der Waals surface area contributed by atoms with Crippen LogP contribution in [0.3, 0.4) is 0 Å². The lowest BCUT2D eigenvalue weighted by Gasteiger charge is -2.10. The van der Waals surface area contributed by atoms with Crippen molar-refractivity contribution in [3.8, 4) is 0 Å². The molecular weight excluding hydrogens is 370 g/mol. The minimum Gasteiger partial charge on any atom is -0.273 e. The summed E-state index contributed by atoms with van der Waals surface area (Å²) in [6.45, 7) is 0. The number of benzene rings is 2. The minimum absolute atomic E-state index is 0.0508. The van der Waals surface area contributed by atoms with Gasteiger partial charge in [-0.1, -0.05) is 42.5 Å². The zero-order valence-corrected chi connectivity index (χ0v) is 15.5. The van der Waals surface area contributed by atoms with Gasteiger partial charge in [-0.25, -0.2) is 4.68 Å². The first-order valence-electron chi connectivity index (χ1n) is 8.92. The van der Waals surface area contributed by atoms with Gasteiger partial charge in [0, 0.05) is 24.0 Å². The Bertz CT molecular complexity index is 1310. The number of hydrogen-bond donors (Lipinski definition) is 2. The molecule has 0 spiro atoms. The maximum Gasteiger partial charge on any atom is 0.290 e. The van der Waals surface area contributed by atoms with Crippen molar-refractivity contribution >= 4 is 33.5 Å². The van der Waals surface area contributed by atoms with Gasteiger partial charge >= 0.3 is 0 Å². The molecule has 0 fully saturated rings. The molecule has 144 valence electrons. The highest BCUT2D eigenvalue weighted by Crippen LogP contribution is 2.16. The molecule has 8 nitrogen and oxygen atoms in total. The molecule has 2 N–H and O–H groups in total. The molecular formula is C21H17N5O3. The Balaban J connectivity index is 1.52. The van der Waals surface area contributed by atoms with Crippen molar-refractivity contribution in [3.63, 3.8) is 0 Å². The van der Waals surface area contributed by atoms with Crippen molar-refractivity contribution < 1.29 is 9.59 Å². The van der Waals surface area contributed by atoms with Crippen molar-refractivity contribution in [3.05, 3.63) is 82.4 Å². The van der Waals surface area contributed by atoms with Gasteiger partial charge in [-0.3, -0.25) is 30.2 Å². The number of carbonyl (C=O) groups excluding carboxylic acids is 2. The van der Waals surface area contributed by atoms with Crippen LogP contribution in [-0.4, -0.2) is 26.6 Å². The number of hydrazine groups is 1. The predicted molar refractivity (Wildman–Crippen MR) is 108 cm³/mol. The number of aryl methyl sites for hydroxylation is 1. The molecule has 0 aliphatic carbocycles. The number of aromatic nitrogens is 3. The molecule has 0 bridgehead atoms. The standard InChI is InChI=1S/C21H17N5O3/c1-26-21(29)16-10-3-2-9-15(16)19(25-26)20(28)24-23-17(27)12-14-7-4-6-13-8-5-11-22-18(13)14/h2-11H,12H2,1H3,(H,23,27)(H,24,28). The summed E-state index contributed by atoms with van der Waals surface area (Å²) in [5, 5.41) is 5.76. The van der Waals surface area contributed by atoms with Gasteiger partial charge in [-0.2, -0.15) is 5.10 Å². The zero-order chi connectivity index (χ0) is 20.4. The summed E-state index contributed by atoms with van der Waals surface area (Å²) in [4.78, 5) is 41.4. The smallest absolute Gasteiger partial charge is 0.273 e. The van der Waals surface area contributed by atoms with Crippen LogP contribution in [-0.2, 0) is 18.3 Å². The number of hydrogen-bond acceptors (Lipinski definition) is 5. The Morgan fingerprint density at radius 1 is 0.966 bits per heavy atom. The molecule has 0 aliphatic rings. The third-order valence-corrected chi connectivity index (χ3v) is 4.55. The number of fused-ring (bicyclic) bond motifs is 2.